The lowest BCUT2D eigenvalue weighted by Gasteiger charge is -2.42. The molecule has 125 heavy (non-hydrogen) atoms. The van der Waals surface area contributed by atoms with Crippen molar-refractivity contribution >= 4 is 79.4 Å². The molecule has 13 heterocycles. The minimum atomic E-state index is -0.451. The Kier molecular flexibility index (Phi) is 25.7. The van der Waals surface area contributed by atoms with Crippen molar-refractivity contribution in [2.75, 3.05) is 188 Å². The van der Waals surface area contributed by atoms with Crippen molar-refractivity contribution in [3.05, 3.63) is 192 Å². The zero-order chi connectivity index (χ0) is 86.4. The van der Waals surface area contributed by atoms with Gasteiger partial charge in [-0.25, -0.2) is 0 Å². The Morgan fingerprint density at radius 2 is 1.16 bits per heavy atom. The first-order valence-electron chi connectivity index (χ1n) is 43.9. The summed E-state index contributed by atoms with van der Waals surface area (Å²) in [7, 11) is 6.22. The average molecular weight is 1690 g/mol. The van der Waals surface area contributed by atoms with Gasteiger partial charge in [0, 0.05) is 175 Å². The normalized spacial score (nSPS) is 20.9. The number of rotatable bonds is 28. The van der Waals surface area contributed by atoms with E-state index >= 15 is 0 Å². The number of fused-ring (bicyclic) bond motifs is 6. The number of pyridine rings is 1. The molecule has 5 aromatic heterocycles. The topological polar surface area (TPSA) is 289 Å². The van der Waals surface area contributed by atoms with E-state index in [9.17, 15) is 30.2 Å². The van der Waals surface area contributed by atoms with Gasteiger partial charge in [-0.05, 0) is 135 Å². The van der Waals surface area contributed by atoms with Gasteiger partial charge in [0.15, 0.2) is 0 Å². The number of carbonyl (C=O) groups excluding carboxylic acids is 3. The molecule has 5 saturated heterocycles. The lowest BCUT2D eigenvalue weighted by Crippen LogP contribution is -2.55. The van der Waals surface area contributed by atoms with E-state index in [0.29, 0.717) is 162 Å². The molecule has 30 nitrogen and oxygen atoms in total. The molecule has 3 unspecified atom stereocenters. The van der Waals surface area contributed by atoms with E-state index in [0.717, 1.165) is 122 Å². The fraction of sp³-hybridized carbons (Fsp3) is 0.453. The van der Waals surface area contributed by atoms with Crippen LogP contribution in [-0.2, 0) is 69.3 Å². The Labute approximate surface area is 730 Å². The van der Waals surface area contributed by atoms with Gasteiger partial charge >= 0.3 is 18.0 Å². The molecule has 3 amide bonds. The summed E-state index contributed by atoms with van der Waals surface area (Å²) >= 11 is 0. The number of hydrogen-bond acceptors (Lipinski definition) is 26. The third-order valence-corrected chi connectivity index (χ3v) is 26.3. The number of nitriles is 3. The number of likely N-dealkylation sites (N-methyl/N-ethyl adjacent to an activating group) is 4. The number of benzene rings is 4. The molecule has 0 bridgehead atoms. The molecule has 0 saturated carbocycles. The second-order valence-corrected chi connectivity index (χ2v) is 34.1. The summed E-state index contributed by atoms with van der Waals surface area (Å²) in [6, 6.07) is 43.7. The van der Waals surface area contributed by atoms with Gasteiger partial charge in [-0.3, -0.25) is 24.2 Å². The fourth-order valence-corrected chi connectivity index (χ4v) is 20.0. The fourth-order valence-electron chi connectivity index (χ4n) is 20.0. The molecule has 9 aromatic rings. The number of amides is 3. The molecule has 4 aromatic carbocycles. The Hall–Kier alpha value is -12.5. The van der Waals surface area contributed by atoms with Crippen LogP contribution in [0.2, 0.25) is 0 Å². The van der Waals surface area contributed by atoms with E-state index in [1.165, 1.54) is 29.2 Å². The molecule has 0 spiro atoms. The van der Waals surface area contributed by atoms with Crippen LogP contribution in [0.4, 0.5) is 34.6 Å². The largest absolute Gasteiger partial charge is 0.462 e. The van der Waals surface area contributed by atoms with Crippen LogP contribution in [0.3, 0.4) is 0 Å². The van der Waals surface area contributed by atoms with E-state index in [-0.39, 0.29) is 91.9 Å². The molecule has 0 radical (unpaired) electrons. The summed E-state index contributed by atoms with van der Waals surface area (Å²) in [4.78, 5) is 96.6. The maximum absolute atomic E-state index is 13.4. The third kappa shape index (κ3) is 18.1. The SMILES string of the molecule is C=CC(=O)N(CC)C(CC#N)CN(C)c1nc(OC[C@H]2CN(Cc3cc(N4CCc5c(nc(OC[C@@H]6CN(C)CCO6)nc5N5CCN(C(=O)C=C)C(CC#N)C5)C4)c4ccccc4c3)CCO2)nc2c1CCN(c1ccc(C3C[C@@H](COc4nc5c(c(N6CCN(C(=O)C=C)[C@@H](CC#N)C6)n4)CCN(c4cccc6cccn46)C5)N(C)C3)c3ccccc13)C2. The van der Waals surface area contributed by atoms with Crippen LogP contribution < -0.4 is 43.6 Å². The predicted molar refractivity (Wildman–Crippen MR) is 479 cm³/mol. The number of hydrogen-bond donors (Lipinski definition) is 0. The molecule has 8 aliphatic rings. The summed E-state index contributed by atoms with van der Waals surface area (Å²) in [6.07, 6.45) is 8.89. The van der Waals surface area contributed by atoms with Crippen LogP contribution in [0.15, 0.2) is 147 Å². The number of aromatic nitrogens is 7. The first-order valence-corrected chi connectivity index (χ1v) is 43.9. The average Bonchev–Trinajstić information content (AvgIpc) is 1.58. The molecule has 17 rings (SSSR count). The van der Waals surface area contributed by atoms with Crippen molar-refractivity contribution in [3.63, 3.8) is 0 Å². The molecule has 5 fully saturated rings. The van der Waals surface area contributed by atoms with E-state index in [1.807, 2.05) is 18.9 Å². The number of ether oxygens (including phenoxy) is 5. The van der Waals surface area contributed by atoms with Gasteiger partial charge < -0.3 is 77.1 Å². The van der Waals surface area contributed by atoms with Gasteiger partial charge in [0.25, 0.3) is 0 Å². The van der Waals surface area contributed by atoms with Crippen LogP contribution in [0.25, 0.3) is 27.1 Å². The number of likely N-dealkylation sites (tertiary alicyclic amines) is 1. The molecule has 648 valence electrons. The lowest BCUT2D eigenvalue weighted by atomic mass is 9.90. The summed E-state index contributed by atoms with van der Waals surface area (Å²) in [6.45, 7) is 26.7. The van der Waals surface area contributed by atoms with Crippen molar-refractivity contribution < 1.29 is 38.1 Å². The summed E-state index contributed by atoms with van der Waals surface area (Å²) in [5.74, 6) is 2.91. The number of carbonyl (C=O) groups is 3. The molecular formula is C95H110N22O8. The van der Waals surface area contributed by atoms with Crippen molar-refractivity contribution in [1.82, 2.24) is 63.7 Å². The molecule has 7 atom stereocenters. The van der Waals surface area contributed by atoms with Gasteiger partial charge in [0.1, 0.15) is 55.3 Å². The van der Waals surface area contributed by atoms with E-state index in [2.05, 4.69) is 205 Å². The lowest BCUT2D eigenvalue weighted by molar-refractivity contribution is -0.129. The van der Waals surface area contributed by atoms with Crippen molar-refractivity contribution in [2.45, 2.75) is 120 Å². The first-order chi connectivity index (χ1) is 61.0. The maximum atomic E-state index is 13.4. The third-order valence-electron chi connectivity index (χ3n) is 26.3. The Balaban J connectivity index is 0.599. The van der Waals surface area contributed by atoms with E-state index in [1.54, 1.807) is 14.7 Å². The first kappa shape index (κ1) is 84.7. The Morgan fingerprint density at radius 3 is 1.81 bits per heavy atom. The van der Waals surface area contributed by atoms with Gasteiger partial charge in [0.05, 0.1) is 106 Å². The van der Waals surface area contributed by atoms with Crippen LogP contribution >= 0.6 is 0 Å². The van der Waals surface area contributed by atoms with Gasteiger partial charge in [-0.2, -0.15) is 45.7 Å². The zero-order valence-electron chi connectivity index (χ0n) is 72.0. The number of nitrogens with zero attached hydrogens (tertiary/aromatic N) is 22. The smallest absolute Gasteiger partial charge is 0.318 e. The second-order valence-electron chi connectivity index (χ2n) is 34.1. The summed E-state index contributed by atoms with van der Waals surface area (Å²) in [5, 5.41) is 34.7. The standard InChI is InChI=1S/C95H110N22O8/c1-8-87(118)114(11-4)68(27-33-96)53-107(7)90-78-30-37-109(84-26-25-74(76-22-14-15-23-77(76)84)66-50-71(106(6)52-66)61-123-94-101-83-60-111(86-24-16-19-67-20-17-36-115(67)86)39-32-80(83)92(103-94)113-41-43-117(89(120)10-3)70(55-113)29-35-98)58-81(78)99-93(102-90)125-63-73-57-108(45-47-122-73)51-64-48-65-18-12-13-21-75(65)85(49-64)110-38-31-79-82(59-110)100-95(124-62-72-56-105(5)44-46-121-72)104-91(79)112-40-42-116(88(119)9-2)69(54-112)28-34-97/h8-10,12-26,36,48-49,66,68-73H,1-3,11,27-32,37-47,50-63H2,4-7H3/t66?,68?,69?,70-,71-,72-,73+/m0/s1. The van der Waals surface area contributed by atoms with Crippen LogP contribution in [0, 0.1) is 34.0 Å². The zero-order valence-corrected chi connectivity index (χ0v) is 72.0. The highest BCUT2D eigenvalue weighted by atomic mass is 16.5. The maximum Gasteiger partial charge on any atom is 0.318 e. The van der Waals surface area contributed by atoms with Crippen LogP contribution in [0.5, 0.6) is 18.0 Å². The molecule has 30 heteroatoms. The summed E-state index contributed by atoms with van der Waals surface area (Å²) < 4.78 is 34.9. The van der Waals surface area contributed by atoms with Crippen molar-refractivity contribution in [3.8, 4) is 36.2 Å². The number of morpholine rings is 2. The predicted octanol–water partition coefficient (Wildman–Crippen LogP) is 9.15. The molecule has 8 aliphatic heterocycles. The Morgan fingerprint density at radius 1 is 0.568 bits per heavy atom. The van der Waals surface area contributed by atoms with E-state index < -0.39 is 6.04 Å². The highest BCUT2D eigenvalue weighted by molar-refractivity contribution is 5.98. The Bertz CT molecular complexity index is 5670. The molecule has 0 aliphatic carbocycles. The monoisotopic (exact) mass is 1690 g/mol. The minimum Gasteiger partial charge on any atom is -0.462 e. The summed E-state index contributed by atoms with van der Waals surface area (Å²) in [5.41, 5.74) is 11.4. The number of piperazine rings is 2. The van der Waals surface area contributed by atoms with Gasteiger partial charge in [0.2, 0.25) is 17.7 Å². The second kappa shape index (κ2) is 37.9. The molecule has 0 N–H and O–H groups in total. The number of anilines is 6. The molecular weight excluding hydrogens is 1580 g/mol. The van der Waals surface area contributed by atoms with Crippen molar-refractivity contribution in [1.29, 1.82) is 15.8 Å². The highest BCUT2D eigenvalue weighted by Crippen LogP contribution is 2.43. The van der Waals surface area contributed by atoms with Gasteiger partial charge in [-0.1, -0.05) is 80.4 Å². The highest BCUT2D eigenvalue weighted by Gasteiger charge is 2.40. The quantitative estimate of drug-likeness (QED) is 0.0413. The van der Waals surface area contributed by atoms with E-state index in [4.69, 9.17) is 53.6 Å². The van der Waals surface area contributed by atoms with Crippen molar-refractivity contribution in [2.24, 2.45) is 0 Å². The van der Waals surface area contributed by atoms with Gasteiger partial charge in [-0.15, -0.1) is 0 Å². The minimum absolute atomic E-state index is 0.0478. The van der Waals surface area contributed by atoms with Crippen LogP contribution in [0.1, 0.15) is 83.4 Å². The van der Waals surface area contributed by atoms with Crippen LogP contribution in [-0.4, -0.2) is 277 Å².